The average Bonchev–Trinajstić information content (AvgIpc) is 3.02. The summed E-state index contributed by atoms with van der Waals surface area (Å²) in [6.45, 7) is 4.04. The second-order valence-corrected chi connectivity index (χ2v) is 7.54. The third-order valence-corrected chi connectivity index (χ3v) is 5.57. The summed E-state index contributed by atoms with van der Waals surface area (Å²) in [5.74, 6) is -0.336. The molecule has 0 atom stereocenters. The molecule has 0 fully saturated rings. The van der Waals surface area contributed by atoms with E-state index in [2.05, 4.69) is 4.98 Å². The Hall–Kier alpha value is -2.99. The van der Waals surface area contributed by atoms with E-state index in [0.717, 1.165) is 21.3 Å². The van der Waals surface area contributed by atoms with Gasteiger partial charge in [0.2, 0.25) is 0 Å². The fourth-order valence-corrected chi connectivity index (χ4v) is 4.03. The van der Waals surface area contributed by atoms with Crippen molar-refractivity contribution in [3.8, 4) is 0 Å². The third-order valence-electron chi connectivity index (χ3n) is 4.55. The van der Waals surface area contributed by atoms with Crippen LogP contribution in [0.2, 0.25) is 0 Å². The van der Waals surface area contributed by atoms with Crippen molar-refractivity contribution in [2.75, 3.05) is 0 Å². The number of fused-ring (bicyclic) bond motifs is 3. The largest absolute Gasteiger partial charge is 0.459 e. The van der Waals surface area contributed by atoms with Gasteiger partial charge in [-0.1, -0.05) is 41.7 Å². The molecule has 2 aromatic carbocycles. The van der Waals surface area contributed by atoms with E-state index >= 15 is 0 Å². The van der Waals surface area contributed by atoms with Gasteiger partial charge in [-0.15, -0.1) is 0 Å². The lowest BCUT2D eigenvalue weighted by atomic mass is 10.0. The standard InChI is InChI=1S/C21H18N2O3S/c1-13-7-8-15(9-14(13)2)10-20(25)26-12-16-11-19(24)23-17-5-3-4-6-18(17)27-21(23)22-16/h3-9,11H,10,12H2,1-2H3. The first-order chi connectivity index (χ1) is 13.0. The van der Waals surface area contributed by atoms with Crippen LogP contribution in [-0.2, 0) is 22.6 Å². The second-order valence-electron chi connectivity index (χ2n) is 6.53. The van der Waals surface area contributed by atoms with E-state index in [9.17, 15) is 9.59 Å². The predicted octanol–water partition coefficient (Wildman–Crippen LogP) is 3.81. The molecule has 136 valence electrons. The number of hydrogen-bond acceptors (Lipinski definition) is 5. The Morgan fingerprint density at radius 3 is 2.74 bits per heavy atom. The Bertz CT molecular complexity index is 1220. The maximum atomic E-state index is 12.5. The second kappa shape index (κ2) is 6.96. The first-order valence-electron chi connectivity index (χ1n) is 8.63. The molecule has 4 aromatic rings. The number of esters is 1. The molecule has 0 aliphatic rings. The molecular weight excluding hydrogens is 360 g/mol. The van der Waals surface area contributed by atoms with E-state index in [0.29, 0.717) is 10.7 Å². The molecule has 27 heavy (non-hydrogen) atoms. The molecule has 5 nitrogen and oxygen atoms in total. The summed E-state index contributed by atoms with van der Waals surface area (Å²) in [5.41, 5.74) is 4.38. The van der Waals surface area contributed by atoms with Crippen LogP contribution in [0.25, 0.3) is 15.2 Å². The van der Waals surface area contributed by atoms with Crippen molar-refractivity contribution in [1.29, 1.82) is 0 Å². The maximum absolute atomic E-state index is 12.5. The van der Waals surface area contributed by atoms with Gasteiger partial charge < -0.3 is 4.74 Å². The van der Waals surface area contributed by atoms with Crippen LogP contribution in [0.3, 0.4) is 0 Å². The number of thiazole rings is 1. The lowest BCUT2D eigenvalue weighted by molar-refractivity contribution is -0.144. The summed E-state index contributed by atoms with van der Waals surface area (Å²) in [6, 6.07) is 15.0. The topological polar surface area (TPSA) is 60.7 Å². The molecule has 4 rings (SSSR count). The van der Waals surface area contributed by atoms with Crippen LogP contribution >= 0.6 is 11.3 Å². The van der Waals surface area contributed by atoms with Gasteiger partial charge in [-0.3, -0.25) is 14.0 Å². The number of carbonyl (C=O) groups excluding carboxylic acids is 1. The van der Waals surface area contributed by atoms with Gasteiger partial charge in [0.15, 0.2) is 4.96 Å². The zero-order chi connectivity index (χ0) is 19.0. The van der Waals surface area contributed by atoms with Crippen LogP contribution in [0.15, 0.2) is 53.3 Å². The van der Waals surface area contributed by atoms with E-state index in [-0.39, 0.29) is 24.6 Å². The Labute approximate surface area is 159 Å². The fraction of sp³-hybridized carbons (Fsp3) is 0.190. The molecule has 6 heteroatoms. The third kappa shape index (κ3) is 3.48. The van der Waals surface area contributed by atoms with Crippen molar-refractivity contribution >= 4 is 32.5 Å². The Kier molecular flexibility index (Phi) is 4.49. The quantitative estimate of drug-likeness (QED) is 0.507. The number of benzene rings is 2. The highest BCUT2D eigenvalue weighted by molar-refractivity contribution is 7.23. The molecule has 0 N–H and O–H groups in total. The van der Waals surface area contributed by atoms with E-state index in [1.54, 1.807) is 4.40 Å². The number of nitrogens with zero attached hydrogens (tertiary/aromatic N) is 2. The van der Waals surface area contributed by atoms with Crippen molar-refractivity contribution < 1.29 is 9.53 Å². The van der Waals surface area contributed by atoms with Gasteiger partial charge in [0, 0.05) is 6.07 Å². The molecule has 0 spiro atoms. The number of ether oxygens (including phenoxy) is 1. The van der Waals surface area contributed by atoms with Crippen molar-refractivity contribution in [3.05, 3.63) is 81.3 Å². The summed E-state index contributed by atoms with van der Waals surface area (Å²) < 4.78 is 7.91. The summed E-state index contributed by atoms with van der Waals surface area (Å²) in [5, 5.41) is 0. The zero-order valence-corrected chi connectivity index (χ0v) is 15.9. The van der Waals surface area contributed by atoms with Gasteiger partial charge in [0.25, 0.3) is 5.56 Å². The Morgan fingerprint density at radius 1 is 1.11 bits per heavy atom. The van der Waals surface area contributed by atoms with Gasteiger partial charge >= 0.3 is 5.97 Å². The number of hydrogen-bond donors (Lipinski definition) is 0. The molecular formula is C21H18N2O3S. The SMILES string of the molecule is Cc1ccc(CC(=O)OCc2cc(=O)n3c(n2)sc2ccccc23)cc1C. The fourth-order valence-electron chi connectivity index (χ4n) is 2.98. The normalized spacial score (nSPS) is 11.2. The molecule has 0 amide bonds. The lowest BCUT2D eigenvalue weighted by Gasteiger charge is -2.07. The number of aryl methyl sites for hydroxylation is 2. The van der Waals surface area contributed by atoms with Crippen molar-refractivity contribution in [3.63, 3.8) is 0 Å². The molecule has 0 unspecified atom stereocenters. The van der Waals surface area contributed by atoms with Crippen LogP contribution in [0.1, 0.15) is 22.4 Å². The van der Waals surface area contributed by atoms with Crippen molar-refractivity contribution in [2.24, 2.45) is 0 Å². The number of carbonyl (C=O) groups is 1. The molecule has 0 saturated heterocycles. The Morgan fingerprint density at radius 2 is 1.93 bits per heavy atom. The maximum Gasteiger partial charge on any atom is 0.310 e. The van der Waals surface area contributed by atoms with Crippen LogP contribution < -0.4 is 5.56 Å². The molecule has 0 radical (unpaired) electrons. The number of para-hydroxylation sites is 1. The van der Waals surface area contributed by atoms with Gasteiger partial charge in [-0.25, -0.2) is 4.98 Å². The van der Waals surface area contributed by atoms with Crippen LogP contribution in [0.4, 0.5) is 0 Å². The highest BCUT2D eigenvalue weighted by atomic mass is 32.1. The zero-order valence-electron chi connectivity index (χ0n) is 15.1. The average molecular weight is 378 g/mol. The van der Waals surface area contributed by atoms with Gasteiger partial charge in [-0.05, 0) is 42.7 Å². The number of rotatable bonds is 4. The summed E-state index contributed by atoms with van der Waals surface area (Å²) in [4.78, 5) is 29.7. The van der Waals surface area contributed by atoms with E-state index in [4.69, 9.17) is 4.74 Å². The molecule has 0 aliphatic heterocycles. The first-order valence-corrected chi connectivity index (χ1v) is 9.45. The van der Waals surface area contributed by atoms with Crippen molar-refractivity contribution in [2.45, 2.75) is 26.9 Å². The van der Waals surface area contributed by atoms with Crippen LogP contribution in [0, 0.1) is 13.8 Å². The number of aromatic nitrogens is 2. The van der Waals surface area contributed by atoms with E-state index in [1.165, 1.54) is 23.0 Å². The Balaban J connectivity index is 1.51. The highest BCUT2D eigenvalue weighted by Gasteiger charge is 2.11. The van der Waals surface area contributed by atoms with E-state index in [1.807, 2.05) is 56.3 Å². The van der Waals surface area contributed by atoms with Gasteiger partial charge in [0.05, 0.1) is 22.3 Å². The van der Waals surface area contributed by atoms with Crippen LogP contribution in [-0.4, -0.2) is 15.4 Å². The van der Waals surface area contributed by atoms with Crippen molar-refractivity contribution in [1.82, 2.24) is 9.38 Å². The lowest BCUT2D eigenvalue weighted by Crippen LogP contribution is -2.15. The molecule has 0 aliphatic carbocycles. The minimum absolute atomic E-state index is 0.0103. The van der Waals surface area contributed by atoms with E-state index < -0.39 is 0 Å². The monoisotopic (exact) mass is 378 g/mol. The molecule has 0 saturated carbocycles. The van der Waals surface area contributed by atoms with Gasteiger partial charge in [0.1, 0.15) is 6.61 Å². The summed E-state index contributed by atoms with van der Waals surface area (Å²) >= 11 is 1.44. The smallest absolute Gasteiger partial charge is 0.310 e. The minimum atomic E-state index is -0.336. The van der Waals surface area contributed by atoms with Gasteiger partial charge in [-0.2, -0.15) is 0 Å². The molecule has 2 heterocycles. The molecule has 2 aromatic heterocycles. The minimum Gasteiger partial charge on any atom is -0.459 e. The highest BCUT2D eigenvalue weighted by Crippen LogP contribution is 2.23. The van der Waals surface area contributed by atoms with Crippen LogP contribution in [0.5, 0.6) is 0 Å². The summed E-state index contributed by atoms with van der Waals surface area (Å²) in [7, 11) is 0. The predicted molar refractivity (Wildman–Crippen MR) is 106 cm³/mol. The molecule has 0 bridgehead atoms. The summed E-state index contributed by atoms with van der Waals surface area (Å²) in [6.07, 6.45) is 0.200. The first kappa shape index (κ1) is 17.4.